The van der Waals surface area contributed by atoms with Crippen LogP contribution in [0.5, 0.6) is 0 Å². The second-order valence-corrected chi connectivity index (χ2v) is 5.13. The Morgan fingerprint density at radius 3 is 2.75 bits per heavy atom. The minimum absolute atomic E-state index is 0.634. The molecule has 0 aromatic heterocycles. The lowest BCUT2D eigenvalue weighted by Crippen LogP contribution is -2.21. The van der Waals surface area contributed by atoms with Gasteiger partial charge < -0.3 is 10.6 Å². The van der Waals surface area contributed by atoms with Crippen LogP contribution in [0.25, 0.3) is 0 Å². The smallest absolute Gasteiger partial charge is 0.0343 e. The maximum atomic E-state index is 3.62. The highest BCUT2D eigenvalue weighted by molar-refractivity contribution is 7.98. The summed E-state index contributed by atoms with van der Waals surface area (Å²) in [6, 6.07) is 9.37. The zero-order chi connectivity index (χ0) is 11.2. The van der Waals surface area contributed by atoms with Gasteiger partial charge >= 0.3 is 0 Å². The highest BCUT2D eigenvalue weighted by atomic mass is 32.2. The van der Waals surface area contributed by atoms with Crippen molar-refractivity contribution in [1.82, 2.24) is 5.32 Å². The second kappa shape index (κ2) is 6.16. The Morgan fingerprint density at radius 1 is 1.19 bits per heavy atom. The summed E-state index contributed by atoms with van der Waals surface area (Å²) < 4.78 is 0. The van der Waals surface area contributed by atoms with E-state index < -0.39 is 0 Å². The SMILES string of the molecule is CSc1ccc(NC2CCCNCC2)cc1. The molecular formula is C13H20N2S. The normalized spacial score (nSPS) is 21.4. The van der Waals surface area contributed by atoms with E-state index in [4.69, 9.17) is 0 Å². The second-order valence-electron chi connectivity index (χ2n) is 4.25. The van der Waals surface area contributed by atoms with Crippen molar-refractivity contribution in [3.63, 3.8) is 0 Å². The van der Waals surface area contributed by atoms with Crippen LogP contribution in [0.15, 0.2) is 29.2 Å². The molecule has 2 rings (SSSR count). The molecule has 88 valence electrons. The topological polar surface area (TPSA) is 24.1 Å². The maximum Gasteiger partial charge on any atom is 0.0343 e. The van der Waals surface area contributed by atoms with Crippen molar-refractivity contribution in [2.24, 2.45) is 0 Å². The molecule has 0 spiro atoms. The standard InChI is InChI=1S/C13H20N2S/c1-16-13-6-4-12(5-7-13)15-11-3-2-9-14-10-8-11/h4-7,11,14-15H,2-3,8-10H2,1H3. The van der Waals surface area contributed by atoms with E-state index in [1.807, 2.05) is 0 Å². The van der Waals surface area contributed by atoms with Gasteiger partial charge in [-0.3, -0.25) is 0 Å². The number of nitrogens with one attached hydrogen (secondary N) is 2. The summed E-state index contributed by atoms with van der Waals surface area (Å²) in [6.07, 6.45) is 5.89. The van der Waals surface area contributed by atoms with Gasteiger partial charge in [-0.2, -0.15) is 0 Å². The molecule has 1 fully saturated rings. The van der Waals surface area contributed by atoms with E-state index in [2.05, 4.69) is 41.2 Å². The average molecular weight is 236 g/mol. The van der Waals surface area contributed by atoms with Crippen molar-refractivity contribution >= 4 is 17.4 Å². The fraction of sp³-hybridized carbons (Fsp3) is 0.538. The molecule has 0 bridgehead atoms. The summed E-state index contributed by atoms with van der Waals surface area (Å²) in [4.78, 5) is 1.33. The van der Waals surface area contributed by atoms with Crippen LogP contribution in [0.2, 0.25) is 0 Å². The fourth-order valence-electron chi connectivity index (χ4n) is 2.09. The molecule has 1 atom stereocenters. The van der Waals surface area contributed by atoms with Crippen molar-refractivity contribution in [3.8, 4) is 0 Å². The third kappa shape index (κ3) is 3.42. The Bertz CT molecular complexity index is 302. The molecule has 1 saturated heterocycles. The fourth-order valence-corrected chi connectivity index (χ4v) is 2.49. The van der Waals surface area contributed by atoms with Gasteiger partial charge in [-0.25, -0.2) is 0 Å². The van der Waals surface area contributed by atoms with E-state index in [1.165, 1.54) is 36.4 Å². The molecule has 0 aliphatic carbocycles. The molecule has 1 aromatic rings. The molecule has 1 unspecified atom stereocenters. The quantitative estimate of drug-likeness (QED) is 0.789. The van der Waals surface area contributed by atoms with Crippen LogP contribution < -0.4 is 10.6 Å². The van der Waals surface area contributed by atoms with Crippen molar-refractivity contribution < 1.29 is 0 Å². The molecule has 1 aliphatic heterocycles. The van der Waals surface area contributed by atoms with Crippen LogP contribution in [-0.4, -0.2) is 25.4 Å². The molecule has 16 heavy (non-hydrogen) atoms. The van der Waals surface area contributed by atoms with E-state index in [1.54, 1.807) is 11.8 Å². The largest absolute Gasteiger partial charge is 0.382 e. The predicted octanol–water partition coefficient (Wildman–Crippen LogP) is 2.96. The van der Waals surface area contributed by atoms with Gasteiger partial charge in [-0.05, 0) is 62.9 Å². The zero-order valence-electron chi connectivity index (χ0n) is 9.83. The predicted molar refractivity (Wildman–Crippen MR) is 72.4 cm³/mol. The van der Waals surface area contributed by atoms with Crippen LogP contribution in [0.3, 0.4) is 0 Å². The summed E-state index contributed by atoms with van der Waals surface area (Å²) in [6.45, 7) is 2.31. The summed E-state index contributed by atoms with van der Waals surface area (Å²) >= 11 is 1.79. The first-order valence-electron chi connectivity index (χ1n) is 6.00. The summed E-state index contributed by atoms with van der Waals surface area (Å²) in [7, 11) is 0. The molecule has 1 aliphatic rings. The molecule has 0 radical (unpaired) electrons. The molecule has 1 aromatic carbocycles. The van der Waals surface area contributed by atoms with E-state index in [0.29, 0.717) is 6.04 Å². The van der Waals surface area contributed by atoms with E-state index in [0.717, 1.165) is 6.54 Å². The Labute approximate surface area is 102 Å². The van der Waals surface area contributed by atoms with Crippen molar-refractivity contribution in [2.75, 3.05) is 24.7 Å². The van der Waals surface area contributed by atoms with Crippen LogP contribution in [-0.2, 0) is 0 Å². The molecule has 3 heteroatoms. The van der Waals surface area contributed by atoms with Crippen LogP contribution in [0.1, 0.15) is 19.3 Å². The number of hydrogen-bond donors (Lipinski definition) is 2. The van der Waals surface area contributed by atoms with E-state index >= 15 is 0 Å². The Balaban J connectivity index is 1.91. The highest BCUT2D eigenvalue weighted by Crippen LogP contribution is 2.19. The first-order valence-corrected chi connectivity index (χ1v) is 7.22. The van der Waals surface area contributed by atoms with Gasteiger partial charge in [0.15, 0.2) is 0 Å². The third-order valence-corrected chi connectivity index (χ3v) is 3.78. The van der Waals surface area contributed by atoms with Gasteiger partial charge in [0.25, 0.3) is 0 Å². The number of thioether (sulfide) groups is 1. The number of benzene rings is 1. The Hall–Kier alpha value is -0.670. The number of hydrogen-bond acceptors (Lipinski definition) is 3. The number of rotatable bonds is 3. The summed E-state index contributed by atoms with van der Waals surface area (Å²) in [5.41, 5.74) is 1.25. The molecule has 2 N–H and O–H groups in total. The minimum Gasteiger partial charge on any atom is -0.382 e. The lowest BCUT2D eigenvalue weighted by molar-refractivity contribution is 0.637. The van der Waals surface area contributed by atoms with Gasteiger partial charge in [0.1, 0.15) is 0 Å². The molecular weight excluding hydrogens is 216 g/mol. The van der Waals surface area contributed by atoms with Gasteiger partial charge in [-0.15, -0.1) is 11.8 Å². The van der Waals surface area contributed by atoms with Gasteiger partial charge in [0, 0.05) is 16.6 Å². The highest BCUT2D eigenvalue weighted by Gasteiger charge is 2.10. The monoisotopic (exact) mass is 236 g/mol. The van der Waals surface area contributed by atoms with Crippen molar-refractivity contribution in [2.45, 2.75) is 30.2 Å². The Kier molecular flexibility index (Phi) is 4.55. The number of anilines is 1. The Morgan fingerprint density at radius 2 is 2.00 bits per heavy atom. The third-order valence-electron chi connectivity index (χ3n) is 3.04. The van der Waals surface area contributed by atoms with Crippen molar-refractivity contribution in [1.29, 1.82) is 0 Å². The van der Waals surface area contributed by atoms with Gasteiger partial charge in [0.2, 0.25) is 0 Å². The molecule has 0 amide bonds. The first kappa shape index (κ1) is 11.8. The van der Waals surface area contributed by atoms with Crippen LogP contribution in [0.4, 0.5) is 5.69 Å². The lowest BCUT2D eigenvalue weighted by atomic mass is 10.1. The maximum absolute atomic E-state index is 3.62. The van der Waals surface area contributed by atoms with Crippen LogP contribution >= 0.6 is 11.8 Å². The first-order chi connectivity index (χ1) is 7.88. The zero-order valence-corrected chi connectivity index (χ0v) is 10.6. The van der Waals surface area contributed by atoms with E-state index in [-0.39, 0.29) is 0 Å². The molecule has 0 saturated carbocycles. The average Bonchev–Trinajstić information content (AvgIpc) is 2.59. The van der Waals surface area contributed by atoms with E-state index in [9.17, 15) is 0 Å². The molecule has 2 nitrogen and oxygen atoms in total. The lowest BCUT2D eigenvalue weighted by Gasteiger charge is -2.17. The minimum atomic E-state index is 0.634. The summed E-state index contributed by atoms with van der Waals surface area (Å²) in [5, 5.41) is 7.06. The van der Waals surface area contributed by atoms with Gasteiger partial charge in [-0.1, -0.05) is 0 Å². The molecule has 1 heterocycles. The van der Waals surface area contributed by atoms with Gasteiger partial charge in [0.05, 0.1) is 0 Å². The van der Waals surface area contributed by atoms with Crippen LogP contribution in [0, 0.1) is 0 Å². The summed E-state index contributed by atoms with van der Waals surface area (Å²) in [5.74, 6) is 0. The van der Waals surface area contributed by atoms with Crippen molar-refractivity contribution in [3.05, 3.63) is 24.3 Å².